The first kappa shape index (κ1) is 28.1. The third-order valence-electron chi connectivity index (χ3n) is 7.72. The van der Waals surface area contributed by atoms with Crippen molar-refractivity contribution in [1.82, 2.24) is 34.2 Å². The Morgan fingerprint density at radius 2 is 1.88 bits per heavy atom. The highest BCUT2D eigenvalue weighted by atomic mass is 16.5. The van der Waals surface area contributed by atoms with Crippen molar-refractivity contribution in [1.29, 1.82) is 0 Å². The molecule has 1 amide bonds. The zero-order chi connectivity index (χ0) is 29.6. The van der Waals surface area contributed by atoms with E-state index < -0.39 is 6.09 Å². The summed E-state index contributed by atoms with van der Waals surface area (Å²) in [4.78, 5) is 25.1. The van der Waals surface area contributed by atoms with Crippen molar-refractivity contribution >= 4 is 39.7 Å². The monoisotopic (exact) mass is 578 g/mol. The lowest BCUT2D eigenvalue weighted by molar-refractivity contribution is 0.105. The molecule has 43 heavy (non-hydrogen) atoms. The molecule has 220 valence electrons. The lowest BCUT2D eigenvalue weighted by Gasteiger charge is -2.31. The predicted octanol–water partition coefficient (Wildman–Crippen LogP) is 4.48. The largest absolute Gasteiger partial charge is 0.448 e. The second-order valence-corrected chi connectivity index (χ2v) is 10.5. The van der Waals surface area contributed by atoms with Crippen molar-refractivity contribution in [3.8, 4) is 0 Å². The smallest absolute Gasteiger partial charge is 0.411 e. The molecule has 12 heteroatoms. The Bertz CT molecular complexity index is 1750. The average Bonchev–Trinajstić information content (AvgIpc) is 3.59. The summed E-state index contributed by atoms with van der Waals surface area (Å²) in [6.45, 7) is 14.6. The van der Waals surface area contributed by atoms with E-state index in [-0.39, 0.29) is 0 Å². The Labute approximate surface area is 249 Å². The van der Waals surface area contributed by atoms with Crippen LogP contribution in [-0.4, -0.2) is 86.3 Å². The zero-order valence-electron chi connectivity index (χ0n) is 24.1. The number of ether oxygens (including phenoxy) is 1. The summed E-state index contributed by atoms with van der Waals surface area (Å²) in [7, 11) is 0. The van der Waals surface area contributed by atoms with Gasteiger partial charge in [0.25, 0.3) is 6.67 Å². The number of hydrogen-bond donors (Lipinski definition) is 2. The number of hydrogen-bond acceptors (Lipinski definition) is 8. The van der Waals surface area contributed by atoms with Crippen LogP contribution in [0.1, 0.15) is 18.1 Å². The number of piperazine rings is 1. The van der Waals surface area contributed by atoms with Crippen LogP contribution in [0.25, 0.3) is 21.3 Å². The highest BCUT2D eigenvalue weighted by Gasteiger charge is 2.20. The van der Waals surface area contributed by atoms with Gasteiger partial charge in [-0.1, -0.05) is 37.3 Å². The fraction of sp³-hybridized carbons (Fsp3) is 0.323. The molecule has 2 N–H and O–H groups in total. The molecule has 1 aliphatic heterocycles. The van der Waals surface area contributed by atoms with Crippen molar-refractivity contribution in [3.63, 3.8) is 0 Å². The van der Waals surface area contributed by atoms with Crippen LogP contribution in [0.4, 0.5) is 22.0 Å². The number of carbonyl (C=O) groups excluding carboxylic acids is 1. The van der Waals surface area contributed by atoms with Crippen molar-refractivity contribution in [2.45, 2.75) is 19.9 Å². The topological polar surface area (TPSA) is 109 Å². The number of aromatic nitrogens is 5. The molecule has 1 aliphatic rings. The number of nitrogens with one attached hydrogen (secondary N) is 2. The van der Waals surface area contributed by atoms with E-state index in [1.54, 1.807) is 10.7 Å². The van der Waals surface area contributed by atoms with Crippen LogP contribution in [0, 0.1) is 6.57 Å². The molecule has 2 aromatic carbocycles. The summed E-state index contributed by atoms with van der Waals surface area (Å²) in [5.74, 6) is 0.640. The van der Waals surface area contributed by atoms with E-state index >= 15 is 0 Å². The molecule has 0 atom stereocenters. The number of fused-ring (bicyclic) bond motifs is 2. The second-order valence-electron chi connectivity index (χ2n) is 10.5. The standard InChI is InChI=1S/C31H34N10O2/c1-3-26-27(37-31(42)43-16-15-38-11-13-39(14-12-38)22-32-2)20-41-29(26)30(33-21-35-41)36-25-9-10-28-24(17-25)18-34-40(28)19-23-7-5-4-6-8-23/h4-10,17-18,20-21H,3,11-16,19,22H2,1H3,(H,37,42)(H,33,35,36). The Hall–Kier alpha value is -4.99. The minimum atomic E-state index is -0.502. The predicted molar refractivity (Wildman–Crippen MR) is 165 cm³/mol. The van der Waals surface area contributed by atoms with Gasteiger partial charge in [-0.2, -0.15) is 10.2 Å². The van der Waals surface area contributed by atoms with E-state index in [0.717, 1.165) is 53.8 Å². The summed E-state index contributed by atoms with van der Waals surface area (Å²) < 4.78 is 9.22. The number of benzene rings is 2. The van der Waals surface area contributed by atoms with Crippen LogP contribution < -0.4 is 10.6 Å². The van der Waals surface area contributed by atoms with Crippen LogP contribution in [0.2, 0.25) is 0 Å². The molecule has 0 spiro atoms. The molecule has 0 radical (unpaired) electrons. The van der Waals surface area contributed by atoms with Crippen LogP contribution in [0.3, 0.4) is 0 Å². The number of carbonyl (C=O) groups is 1. The SMILES string of the molecule is [C-]#[N+]CN1CCN(CCOC(=O)Nc2cn3ncnc(Nc4ccc5c(cnn5Cc5ccccc5)c4)c3c2CC)CC1. The van der Waals surface area contributed by atoms with E-state index in [4.69, 9.17) is 11.3 Å². The maximum absolute atomic E-state index is 12.7. The van der Waals surface area contributed by atoms with Gasteiger partial charge >= 0.3 is 6.09 Å². The molecule has 6 rings (SSSR count). The van der Waals surface area contributed by atoms with Gasteiger partial charge < -0.3 is 10.1 Å². The van der Waals surface area contributed by atoms with Gasteiger partial charge in [0.15, 0.2) is 5.82 Å². The van der Waals surface area contributed by atoms with Crippen molar-refractivity contribution in [2.75, 3.05) is 56.6 Å². The Balaban J connectivity index is 1.12. The molecule has 0 bridgehead atoms. The van der Waals surface area contributed by atoms with Gasteiger partial charge in [0.2, 0.25) is 0 Å². The third-order valence-corrected chi connectivity index (χ3v) is 7.72. The summed E-state index contributed by atoms with van der Waals surface area (Å²) >= 11 is 0. The third kappa shape index (κ3) is 6.43. The fourth-order valence-electron chi connectivity index (χ4n) is 5.48. The Morgan fingerprint density at radius 1 is 1.07 bits per heavy atom. The van der Waals surface area contributed by atoms with Crippen molar-refractivity contribution in [3.05, 3.63) is 89.8 Å². The van der Waals surface area contributed by atoms with Crippen molar-refractivity contribution in [2.24, 2.45) is 0 Å². The number of amides is 1. The summed E-state index contributed by atoms with van der Waals surface area (Å²) in [5.41, 5.74) is 5.46. The fourth-order valence-corrected chi connectivity index (χ4v) is 5.48. The number of aryl methyl sites for hydroxylation is 1. The van der Waals surface area contributed by atoms with Crippen LogP contribution in [-0.2, 0) is 17.7 Å². The molecule has 1 fully saturated rings. The zero-order valence-corrected chi connectivity index (χ0v) is 24.1. The van der Waals surface area contributed by atoms with Gasteiger partial charge in [0.1, 0.15) is 18.5 Å². The lowest BCUT2D eigenvalue weighted by atomic mass is 10.2. The molecule has 0 saturated carbocycles. The van der Waals surface area contributed by atoms with Gasteiger partial charge in [0.05, 0.1) is 30.1 Å². The first-order chi connectivity index (χ1) is 21.1. The van der Waals surface area contributed by atoms with E-state index in [1.165, 1.54) is 11.9 Å². The van der Waals surface area contributed by atoms with Gasteiger partial charge in [-0.15, -0.1) is 0 Å². The average molecular weight is 579 g/mol. The van der Waals surface area contributed by atoms with Crippen LogP contribution in [0.5, 0.6) is 0 Å². The summed E-state index contributed by atoms with van der Waals surface area (Å²) in [5, 5.41) is 16.3. The highest BCUT2D eigenvalue weighted by molar-refractivity contribution is 5.91. The molecule has 0 aliphatic carbocycles. The van der Waals surface area contributed by atoms with E-state index in [0.29, 0.717) is 44.3 Å². The first-order valence-electron chi connectivity index (χ1n) is 14.4. The normalized spacial score (nSPS) is 14.1. The number of anilines is 3. The summed E-state index contributed by atoms with van der Waals surface area (Å²) in [6, 6.07) is 16.4. The van der Waals surface area contributed by atoms with Crippen molar-refractivity contribution < 1.29 is 9.53 Å². The molecule has 4 heterocycles. The minimum Gasteiger partial charge on any atom is -0.448 e. The Morgan fingerprint density at radius 3 is 2.67 bits per heavy atom. The highest BCUT2D eigenvalue weighted by Crippen LogP contribution is 2.30. The number of nitrogens with zero attached hydrogens (tertiary/aromatic N) is 8. The Kier molecular flexibility index (Phi) is 8.44. The molecule has 3 aromatic heterocycles. The van der Waals surface area contributed by atoms with Gasteiger partial charge in [0, 0.05) is 49.4 Å². The maximum atomic E-state index is 12.7. The van der Waals surface area contributed by atoms with E-state index in [2.05, 4.69) is 64.7 Å². The first-order valence-corrected chi connectivity index (χ1v) is 14.4. The molecular weight excluding hydrogens is 544 g/mol. The molecule has 1 saturated heterocycles. The van der Waals surface area contributed by atoms with Gasteiger partial charge in [-0.3, -0.25) is 19.7 Å². The second kappa shape index (κ2) is 12.9. The van der Waals surface area contributed by atoms with Crippen LogP contribution >= 0.6 is 0 Å². The van der Waals surface area contributed by atoms with Crippen LogP contribution in [0.15, 0.2) is 67.3 Å². The molecular formula is C31H34N10O2. The van der Waals surface area contributed by atoms with Gasteiger partial charge in [-0.05, 0) is 30.2 Å². The number of rotatable bonds is 10. The maximum Gasteiger partial charge on any atom is 0.411 e. The van der Waals surface area contributed by atoms with Gasteiger partial charge in [-0.25, -0.2) is 25.8 Å². The quantitative estimate of drug-likeness (QED) is 0.234. The molecule has 0 unspecified atom stereocenters. The van der Waals surface area contributed by atoms with E-state index in [9.17, 15) is 4.79 Å². The molecule has 12 nitrogen and oxygen atoms in total. The lowest BCUT2D eigenvalue weighted by Crippen LogP contribution is -2.47. The summed E-state index contributed by atoms with van der Waals surface area (Å²) in [6.07, 6.45) is 5.31. The van der Waals surface area contributed by atoms with E-state index in [1.807, 2.05) is 42.1 Å². The minimum absolute atomic E-state index is 0.292. The molecule has 5 aromatic rings.